The summed E-state index contributed by atoms with van der Waals surface area (Å²) >= 11 is 0. The molecule has 1 N–H and O–H groups in total. The van der Waals surface area contributed by atoms with Gasteiger partial charge in [0.05, 0.1) is 20.0 Å². The van der Waals surface area contributed by atoms with E-state index in [1.807, 2.05) is 19.1 Å². The van der Waals surface area contributed by atoms with Crippen LogP contribution in [-0.4, -0.2) is 12.2 Å². The third kappa shape index (κ3) is 1.26. The lowest BCUT2D eigenvalue weighted by molar-refractivity contribution is 0.281. The first-order valence-electron chi connectivity index (χ1n) is 4.42. The van der Waals surface area contributed by atoms with E-state index in [4.69, 9.17) is 14.3 Å². The number of hydrogen-bond donors (Lipinski definition) is 1. The summed E-state index contributed by atoms with van der Waals surface area (Å²) in [6, 6.07) is 3.80. The van der Waals surface area contributed by atoms with Crippen molar-refractivity contribution < 1.29 is 14.3 Å². The molecule has 3 heteroatoms. The van der Waals surface area contributed by atoms with Gasteiger partial charge in [0.1, 0.15) is 11.3 Å². The molecule has 0 spiro atoms. The summed E-state index contributed by atoms with van der Waals surface area (Å²) in [7, 11) is 1.63. The number of hydrogen-bond acceptors (Lipinski definition) is 3. The highest BCUT2D eigenvalue weighted by molar-refractivity contribution is 5.83. The van der Waals surface area contributed by atoms with Crippen molar-refractivity contribution in [1.82, 2.24) is 0 Å². The number of rotatable bonds is 2. The molecule has 0 aliphatic heterocycles. The number of benzene rings is 1. The Bertz CT molecular complexity index is 457. The number of furan rings is 1. The van der Waals surface area contributed by atoms with Crippen LogP contribution in [0.4, 0.5) is 0 Å². The molecule has 0 radical (unpaired) electrons. The van der Waals surface area contributed by atoms with Crippen LogP contribution in [0.15, 0.2) is 22.8 Å². The number of aryl methyl sites for hydroxylation is 1. The van der Waals surface area contributed by atoms with Gasteiger partial charge in [0.2, 0.25) is 0 Å². The van der Waals surface area contributed by atoms with Crippen LogP contribution in [0, 0.1) is 6.92 Å². The van der Waals surface area contributed by atoms with Gasteiger partial charge in [0.15, 0.2) is 0 Å². The van der Waals surface area contributed by atoms with Crippen molar-refractivity contribution in [3.8, 4) is 5.75 Å². The zero-order chi connectivity index (χ0) is 10.1. The van der Waals surface area contributed by atoms with Crippen LogP contribution in [0.5, 0.6) is 5.75 Å². The number of methoxy groups -OCH3 is 1. The lowest BCUT2D eigenvalue weighted by Crippen LogP contribution is -1.87. The second-order valence-corrected chi connectivity index (χ2v) is 3.24. The van der Waals surface area contributed by atoms with Crippen molar-refractivity contribution in [3.63, 3.8) is 0 Å². The Morgan fingerprint density at radius 1 is 1.43 bits per heavy atom. The summed E-state index contributed by atoms with van der Waals surface area (Å²) in [5.41, 5.74) is 2.60. The summed E-state index contributed by atoms with van der Waals surface area (Å²) in [5.74, 6) is 0.814. The van der Waals surface area contributed by atoms with Gasteiger partial charge in [0.25, 0.3) is 0 Å². The zero-order valence-electron chi connectivity index (χ0n) is 8.20. The van der Waals surface area contributed by atoms with Crippen molar-refractivity contribution >= 4 is 11.0 Å². The minimum absolute atomic E-state index is 0.0147. The molecule has 0 saturated carbocycles. The van der Waals surface area contributed by atoms with E-state index in [2.05, 4.69) is 0 Å². The molecule has 3 nitrogen and oxygen atoms in total. The van der Waals surface area contributed by atoms with E-state index in [0.29, 0.717) is 0 Å². The first kappa shape index (κ1) is 9.09. The van der Waals surface area contributed by atoms with Crippen molar-refractivity contribution in [2.75, 3.05) is 7.11 Å². The second kappa shape index (κ2) is 3.35. The molecule has 1 heterocycles. The Labute approximate surface area is 81.9 Å². The molecule has 0 amide bonds. The topological polar surface area (TPSA) is 42.6 Å². The van der Waals surface area contributed by atoms with Gasteiger partial charge in [-0.05, 0) is 24.6 Å². The van der Waals surface area contributed by atoms with Gasteiger partial charge in [0, 0.05) is 10.9 Å². The summed E-state index contributed by atoms with van der Waals surface area (Å²) in [6.45, 7) is 1.94. The van der Waals surface area contributed by atoms with Crippen LogP contribution in [0.2, 0.25) is 0 Å². The van der Waals surface area contributed by atoms with E-state index < -0.39 is 0 Å². The van der Waals surface area contributed by atoms with Crippen molar-refractivity contribution in [3.05, 3.63) is 29.5 Å². The monoisotopic (exact) mass is 192 g/mol. The van der Waals surface area contributed by atoms with Crippen LogP contribution in [-0.2, 0) is 6.61 Å². The summed E-state index contributed by atoms with van der Waals surface area (Å²) in [5, 5.41) is 9.97. The molecule has 0 saturated heterocycles. The highest BCUT2D eigenvalue weighted by Crippen LogP contribution is 2.28. The Balaban J connectivity index is 2.70. The Hall–Kier alpha value is -1.48. The predicted molar refractivity (Wildman–Crippen MR) is 53.4 cm³/mol. The van der Waals surface area contributed by atoms with Crippen molar-refractivity contribution in [1.29, 1.82) is 0 Å². The third-order valence-corrected chi connectivity index (χ3v) is 2.34. The van der Waals surface area contributed by atoms with E-state index in [0.717, 1.165) is 27.8 Å². The maximum Gasteiger partial charge on any atom is 0.134 e. The predicted octanol–water partition coefficient (Wildman–Crippen LogP) is 2.24. The molecule has 0 atom stereocenters. The lowest BCUT2D eigenvalue weighted by atomic mass is 10.1. The minimum Gasteiger partial charge on any atom is -0.496 e. The van der Waals surface area contributed by atoms with E-state index in [-0.39, 0.29) is 6.61 Å². The van der Waals surface area contributed by atoms with E-state index in [1.165, 1.54) is 0 Å². The summed E-state index contributed by atoms with van der Waals surface area (Å²) in [6.07, 6.45) is 1.57. The average Bonchev–Trinajstić information content (AvgIpc) is 2.58. The van der Waals surface area contributed by atoms with E-state index in [9.17, 15) is 0 Å². The van der Waals surface area contributed by atoms with Crippen LogP contribution >= 0.6 is 0 Å². The maximum atomic E-state index is 9.06. The van der Waals surface area contributed by atoms with Crippen molar-refractivity contribution in [2.45, 2.75) is 13.5 Å². The van der Waals surface area contributed by atoms with Gasteiger partial charge < -0.3 is 14.3 Å². The Kier molecular flexibility index (Phi) is 2.17. The van der Waals surface area contributed by atoms with Gasteiger partial charge in [-0.2, -0.15) is 0 Å². The molecule has 2 rings (SSSR count). The molecule has 0 aliphatic carbocycles. The van der Waals surface area contributed by atoms with Gasteiger partial charge in [-0.15, -0.1) is 0 Å². The van der Waals surface area contributed by atoms with Gasteiger partial charge in [-0.25, -0.2) is 0 Å². The molecule has 1 aromatic carbocycles. The molecule has 74 valence electrons. The highest BCUT2D eigenvalue weighted by atomic mass is 16.5. The zero-order valence-corrected chi connectivity index (χ0v) is 8.20. The van der Waals surface area contributed by atoms with Crippen LogP contribution in [0.25, 0.3) is 11.0 Å². The Morgan fingerprint density at radius 3 is 2.86 bits per heavy atom. The van der Waals surface area contributed by atoms with Crippen LogP contribution in [0.1, 0.15) is 11.1 Å². The molecular formula is C11H12O3. The van der Waals surface area contributed by atoms with Crippen LogP contribution in [0.3, 0.4) is 0 Å². The molecule has 0 fully saturated rings. The van der Waals surface area contributed by atoms with Crippen LogP contribution < -0.4 is 4.74 Å². The normalized spacial score (nSPS) is 10.8. The molecule has 0 bridgehead atoms. The largest absolute Gasteiger partial charge is 0.496 e. The molecular weight excluding hydrogens is 180 g/mol. The van der Waals surface area contributed by atoms with E-state index >= 15 is 0 Å². The fraction of sp³-hybridized carbons (Fsp3) is 0.273. The highest BCUT2D eigenvalue weighted by Gasteiger charge is 2.08. The Morgan fingerprint density at radius 2 is 2.21 bits per heavy atom. The third-order valence-electron chi connectivity index (χ3n) is 2.34. The van der Waals surface area contributed by atoms with Gasteiger partial charge in [-0.1, -0.05) is 0 Å². The quantitative estimate of drug-likeness (QED) is 0.793. The van der Waals surface area contributed by atoms with Gasteiger partial charge in [-0.3, -0.25) is 0 Å². The lowest BCUT2D eigenvalue weighted by Gasteiger charge is -2.03. The number of aliphatic hydroxyl groups is 1. The summed E-state index contributed by atoms with van der Waals surface area (Å²) in [4.78, 5) is 0. The fourth-order valence-electron chi connectivity index (χ4n) is 1.55. The van der Waals surface area contributed by atoms with Crippen molar-refractivity contribution in [2.24, 2.45) is 0 Å². The molecule has 0 aliphatic rings. The summed E-state index contributed by atoms with van der Waals surface area (Å²) < 4.78 is 10.5. The SMILES string of the molecule is COc1cc2c(CO)coc2cc1C. The standard InChI is InChI=1S/C11H12O3/c1-7-3-11-9(4-10(7)13-2)8(5-12)6-14-11/h3-4,6,12H,5H2,1-2H3. The average molecular weight is 192 g/mol. The number of aliphatic hydroxyl groups excluding tert-OH is 1. The molecule has 14 heavy (non-hydrogen) atoms. The first-order valence-corrected chi connectivity index (χ1v) is 4.42. The molecule has 0 unspecified atom stereocenters. The second-order valence-electron chi connectivity index (χ2n) is 3.24. The smallest absolute Gasteiger partial charge is 0.134 e. The number of ether oxygens (including phenoxy) is 1. The van der Waals surface area contributed by atoms with Gasteiger partial charge >= 0.3 is 0 Å². The fourth-order valence-corrected chi connectivity index (χ4v) is 1.55. The molecule has 1 aromatic heterocycles. The number of fused-ring (bicyclic) bond motifs is 1. The first-order chi connectivity index (χ1) is 6.76. The minimum atomic E-state index is -0.0147. The molecule has 2 aromatic rings. The van der Waals surface area contributed by atoms with E-state index in [1.54, 1.807) is 13.4 Å². The maximum absolute atomic E-state index is 9.06.